The summed E-state index contributed by atoms with van der Waals surface area (Å²) < 4.78 is 18.8. The average Bonchev–Trinajstić information content (AvgIpc) is 2.45. The van der Waals surface area contributed by atoms with Crippen LogP contribution in [-0.4, -0.2) is 11.7 Å². The number of benzene rings is 2. The van der Waals surface area contributed by atoms with Gasteiger partial charge in [-0.15, -0.1) is 0 Å². The molecule has 0 amide bonds. The lowest BCUT2D eigenvalue weighted by atomic mass is 10.1. The molecule has 0 aromatic heterocycles. The van der Waals surface area contributed by atoms with Crippen LogP contribution in [0.15, 0.2) is 42.5 Å². The Bertz CT molecular complexity index is 655. The van der Waals surface area contributed by atoms with Crippen molar-refractivity contribution in [2.24, 2.45) is 0 Å². The molecule has 1 unspecified atom stereocenters. The number of hydrogen-bond acceptors (Lipinski definition) is 3. The van der Waals surface area contributed by atoms with Crippen molar-refractivity contribution in [1.82, 2.24) is 0 Å². The second-order valence-electron chi connectivity index (χ2n) is 4.14. The lowest BCUT2D eigenvalue weighted by molar-refractivity contribution is 0.106. The third-order valence-electron chi connectivity index (χ3n) is 2.69. The number of rotatable bonds is 4. The van der Waals surface area contributed by atoms with Gasteiger partial charge in [-0.25, -0.2) is 4.39 Å². The summed E-state index contributed by atoms with van der Waals surface area (Å²) in [6.07, 6.45) is -0.913. The Morgan fingerprint density at radius 3 is 2.75 bits per heavy atom. The van der Waals surface area contributed by atoms with Gasteiger partial charge < -0.3 is 9.84 Å². The maximum absolute atomic E-state index is 13.6. The van der Waals surface area contributed by atoms with Gasteiger partial charge in [-0.1, -0.05) is 23.7 Å². The largest absolute Gasteiger partial charge is 0.487 e. The molecule has 0 aliphatic heterocycles. The molecule has 0 saturated carbocycles. The molecular formula is C15H11ClFNO2. The molecule has 5 heteroatoms. The van der Waals surface area contributed by atoms with Gasteiger partial charge in [-0.2, -0.15) is 5.26 Å². The summed E-state index contributed by atoms with van der Waals surface area (Å²) in [7, 11) is 0. The van der Waals surface area contributed by atoms with Crippen molar-refractivity contribution in [1.29, 1.82) is 5.26 Å². The standard InChI is InChI=1S/C15H11ClFNO2/c16-12-3-1-2-11(7-12)14(19)9-20-15-5-4-10(8-18)6-13(15)17/h1-7,14,19H,9H2. The van der Waals surface area contributed by atoms with Gasteiger partial charge in [-0.05, 0) is 35.9 Å². The summed E-state index contributed by atoms with van der Waals surface area (Å²) in [5.74, 6) is -0.646. The zero-order chi connectivity index (χ0) is 14.5. The van der Waals surface area contributed by atoms with Gasteiger partial charge >= 0.3 is 0 Å². The number of ether oxygens (including phenoxy) is 1. The van der Waals surface area contributed by atoms with Crippen LogP contribution in [0.2, 0.25) is 5.02 Å². The highest BCUT2D eigenvalue weighted by Crippen LogP contribution is 2.22. The average molecular weight is 292 g/mol. The van der Waals surface area contributed by atoms with E-state index in [4.69, 9.17) is 21.6 Å². The summed E-state index contributed by atoms with van der Waals surface area (Å²) in [6, 6.07) is 12.4. The van der Waals surface area contributed by atoms with Gasteiger partial charge in [0, 0.05) is 5.02 Å². The smallest absolute Gasteiger partial charge is 0.166 e. The summed E-state index contributed by atoms with van der Waals surface area (Å²) in [5.41, 5.74) is 0.803. The molecule has 2 aromatic carbocycles. The second kappa shape index (κ2) is 6.38. The molecule has 0 bridgehead atoms. The van der Waals surface area contributed by atoms with Crippen LogP contribution in [-0.2, 0) is 0 Å². The molecule has 20 heavy (non-hydrogen) atoms. The predicted molar refractivity (Wildman–Crippen MR) is 73.0 cm³/mol. The van der Waals surface area contributed by atoms with E-state index >= 15 is 0 Å². The molecule has 2 rings (SSSR count). The molecule has 102 valence electrons. The lowest BCUT2D eigenvalue weighted by Gasteiger charge is -2.13. The third kappa shape index (κ3) is 3.47. The van der Waals surface area contributed by atoms with E-state index in [2.05, 4.69) is 0 Å². The fourth-order valence-electron chi connectivity index (χ4n) is 1.67. The number of halogens is 2. The normalized spacial score (nSPS) is 11.7. The molecule has 0 fully saturated rings. The maximum atomic E-state index is 13.6. The van der Waals surface area contributed by atoms with Gasteiger partial charge in [0.05, 0.1) is 11.6 Å². The molecule has 1 atom stereocenters. The van der Waals surface area contributed by atoms with E-state index in [1.54, 1.807) is 24.3 Å². The predicted octanol–water partition coefficient (Wildman–Crippen LogP) is 3.46. The summed E-state index contributed by atoms with van der Waals surface area (Å²) in [5, 5.41) is 19.1. The molecule has 0 saturated heterocycles. The first-order valence-electron chi connectivity index (χ1n) is 5.86. The van der Waals surface area contributed by atoms with Gasteiger partial charge in [0.15, 0.2) is 11.6 Å². The summed E-state index contributed by atoms with van der Waals surface area (Å²) in [6.45, 7) is -0.108. The quantitative estimate of drug-likeness (QED) is 0.938. The van der Waals surface area contributed by atoms with Crippen LogP contribution in [0.4, 0.5) is 4.39 Å². The number of aliphatic hydroxyl groups is 1. The monoisotopic (exact) mass is 291 g/mol. The minimum Gasteiger partial charge on any atom is -0.487 e. The number of hydrogen-bond donors (Lipinski definition) is 1. The Hall–Kier alpha value is -2.09. The zero-order valence-electron chi connectivity index (χ0n) is 10.4. The van der Waals surface area contributed by atoms with Crippen LogP contribution in [0.1, 0.15) is 17.2 Å². The van der Waals surface area contributed by atoms with Crippen molar-refractivity contribution in [3.63, 3.8) is 0 Å². The minimum atomic E-state index is -0.913. The van der Waals surface area contributed by atoms with Crippen molar-refractivity contribution in [2.45, 2.75) is 6.10 Å². The van der Waals surface area contributed by atoms with Crippen LogP contribution in [0.5, 0.6) is 5.75 Å². The fraction of sp³-hybridized carbons (Fsp3) is 0.133. The van der Waals surface area contributed by atoms with Crippen LogP contribution in [0, 0.1) is 17.1 Å². The van der Waals surface area contributed by atoms with Gasteiger partial charge in [0.2, 0.25) is 0 Å². The van der Waals surface area contributed by atoms with E-state index in [9.17, 15) is 9.50 Å². The van der Waals surface area contributed by atoms with Crippen LogP contribution in [0.3, 0.4) is 0 Å². The highest BCUT2D eigenvalue weighted by atomic mass is 35.5. The Balaban J connectivity index is 2.04. The van der Waals surface area contributed by atoms with Crippen molar-refractivity contribution >= 4 is 11.6 Å². The molecule has 0 radical (unpaired) electrons. The first kappa shape index (κ1) is 14.3. The van der Waals surface area contributed by atoms with Gasteiger partial charge in [0.1, 0.15) is 12.7 Å². The van der Waals surface area contributed by atoms with Crippen LogP contribution in [0.25, 0.3) is 0 Å². The van der Waals surface area contributed by atoms with Crippen molar-refractivity contribution in [3.8, 4) is 11.8 Å². The van der Waals surface area contributed by atoms with Gasteiger partial charge in [0.25, 0.3) is 0 Å². The fourth-order valence-corrected chi connectivity index (χ4v) is 1.86. The molecule has 0 aliphatic rings. The van der Waals surface area contributed by atoms with E-state index in [0.717, 1.165) is 6.07 Å². The minimum absolute atomic E-state index is 0.00919. The molecule has 0 spiro atoms. The molecule has 2 aromatic rings. The first-order chi connectivity index (χ1) is 9.60. The van der Waals surface area contributed by atoms with Crippen molar-refractivity contribution in [3.05, 3.63) is 64.4 Å². The number of nitriles is 1. The maximum Gasteiger partial charge on any atom is 0.166 e. The van der Waals surface area contributed by atoms with E-state index in [1.165, 1.54) is 12.1 Å². The zero-order valence-corrected chi connectivity index (χ0v) is 11.1. The van der Waals surface area contributed by atoms with Crippen LogP contribution < -0.4 is 4.74 Å². The highest BCUT2D eigenvalue weighted by molar-refractivity contribution is 6.30. The Morgan fingerprint density at radius 2 is 2.10 bits per heavy atom. The number of nitrogens with zero attached hydrogens (tertiary/aromatic N) is 1. The SMILES string of the molecule is N#Cc1ccc(OCC(O)c2cccc(Cl)c2)c(F)c1. The van der Waals surface area contributed by atoms with Crippen LogP contribution >= 0.6 is 11.6 Å². The van der Waals surface area contributed by atoms with E-state index in [0.29, 0.717) is 10.6 Å². The highest BCUT2D eigenvalue weighted by Gasteiger charge is 2.11. The first-order valence-corrected chi connectivity index (χ1v) is 6.24. The molecule has 0 aliphatic carbocycles. The topological polar surface area (TPSA) is 53.2 Å². The molecular weight excluding hydrogens is 281 g/mol. The second-order valence-corrected chi connectivity index (χ2v) is 4.58. The number of aliphatic hydroxyl groups excluding tert-OH is 1. The third-order valence-corrected chi connectivity index (χ3v) is 2.93. The lowest BCUT2D eigenvalue weighted by Crippen LogP contribution is -2.10. The summed E-state index contributed by atoms with van der Waals surface area (Å²) >= 11 is 5.82. The molecule has 1 N–H and O–H groups in total. The Labute approximate surface area is 120 Å². The van der Waals surface area contributed by atoms with E-state index in [1.807, 2.05) is 6.07 Å². The van der Waals surface area contributed by atoms with Gasteiger partial charge in [-0.3, -0.25) is 0 Å². The summed E-state index contributed by atoms with van der Waals surface area (Å²) in [4.78, 5) is 0. The van der Waals surface area contributed by atoms with E-state index in [-0.39, 0.29) is 17.9 Å². The van der Waals surface area contributed by atoms with E-state index < -0.39 is 11.9 Å². The van der Waals surface area contributed by atoms with Crippen molar-refractivity contribution < 1.29 is 14.2 Å². The molecule has 0 heterocycles. The molecule has 3 nitrogen and oxygen atoms in total. The Kier molecular flexibility index (Phi) is 4.57. The van der Waals surface area contributed by atoms with Crippen molar-refractivity contribution in [2.75, 3.05) is 6.61 Å². The Morgan fingerprint density at radius 1 is 1.30 bits per heavy atom.